The number of benzene rings is 6. The smallest absolute Gasteiger partial charge is 0.141 e. The third-order valence-corrected chi connectivity index (χ3v) is 9.80. The number of nitrogens with two attached hydrogens (primary N) is 1. The van der Waals surface area contributed by atoms with Crippen LogP contribution in [-0.4, -0.2) is 9.13 Å². The summed E-state index contributed by atoms with van der Waals surface area (Å²) in [6.07, 6.45) is 1.89. The molecule has 0 aliphatic heterocycles. The SMILES string of the molecule is Nc1cccc(-c2ccc3c4c(n(-c5ccccc5)c3c2)CCc2c-4oc3ccccc23)c1-n1c2ccccc2c2ccccc21. The van der Waals surface area contributed by atoms with E-state index in [0.29, 0.717) is 0 Å². The highest BCUT2D eigenvalue weighted by Crippen LogP contribution is 2.47. The van der Waals surface area contributed by atoms with Gasteiger partial charge in [0.2, 0.25) is 0 Å². The van der Waals surface area contributed by atoms with Crippen LogP contribution in [0.15, 0.2) is 144 Å². The van der Waals surface area contributed by atoms with Gasteiger partial charge in [-0.2, -0.15) is 0 Å². The molecular formula is C42H29N3O. The molecule has 0 unspecified atom stereocenters. The Morgan fingerprint density at radius 3 is 2.02 bits per heavy atom. The Labute approximate surface area is 265 Å². The van der Waals surface area contributed by atoms with Crippen molar-refractivity contribution in [1.29, 1.82) is 0 Å². The van der Waals surface area contributed by atoms with E-state index in [4.69, 9.17) is 10.2 Å². The molecule has 2 N–H and O–H groups in total. The molecule has 1 aliphatic rings. The average molecular weight is 592 g/mol. The fraction of sp³-hybridized carbons (Fsp3) is 0.0476. The van der Waals surface area contributed by atoms with Crippen LogP contribution < -0.4 is 5.73 Å². The van der Waals surface area contributed by atoms with Gasteiger partial charge in [0.25, 0.3) is 0 Å². The number of para-hydroxylation sites is 5. The van der Waals surface area contributed by atoms with E-state index in [0.717, 1.165) is 68.9 Å². The van der Waals surface area contributed by atoms with Gasteiger partial charge in [0.15, 0.2) is 0 Å². The van der Waals surface area contributed by atoms with Crippen molar-refractivity contribution < 1.29 is 4.42 Å². The highest BCUT2D eigenvalue weighted by molar-refractivity contribution is 6.11. The Balaban J connectivity index is 1.27. The van der Waals surface area contributed by atoms with Gasteiger partial charge >= 0.3 is 0 Å². The van der Waals surface area contributed by atoms with Crippen molar-refractivity contribution in [2.24, 2.45) is 0 Å². The normalized spacial score (nSPS) is 12.7. The van der Waals surface area contributed by atoms with Crippen molar-refractivity contribution >= 4 is 49.4 Å². The number of rotatable bonds is 3. The van der Waals surface area contributed by atoms with Crippen molar-refractivity contribution in [3.8, 4) is 33.8 Å². The predicted molar refractivity (Wildman–Crippen MR) is 190 cm³/mol. The van der Waals surface area contributed by atoms with E-state index >= 15 is 0 Å². The lowest BCUT2D eigenvalue weighted by molar-refractivity contribution is 0.620. The number of aryl methyl sites for hydroxylation is 1. The van der Waals surface area contributed by atoms with Crippen LogP contribution in [0.25, 0.3) is 77.5 Å². The summed E-state index contributed by atoms with van der Waals surface area (Å²) in [5.74, 6) is 1.00. The number of nitrogen functional groups attached to an aromatic ring is 1. The molecule has 0 amide bonds. The Bertz CT molecular complexity index is 2600. The maximum absolute atomic E-state index is 6.90. The van der Waals surface area contributed by atoms with Crippen LogP contribution in [0.4, 0.5) is 5.69 Å². The highest BCUT2D eigenvalue weighted by atomic mass is 16.3. The van der Waals surface area contributed by atoms with Gasteiger partial charge in [-0.15, -0.1) is 0 Å². The molecule has 218 valence electrons. The van der Waals surface area contributed by atoms with Crippen LogP contribution in [0.3, 0.4) is 0 Å². The van der Waals surface area contributed by atoms with Crippen molar-refractivity contribution in [2.75, 3.05) is 5.73 Å². The molecule has 4 heteroatoms. The molecule has 0 spiro atoms. The monoisotopic (exact) mass is 591 g/mol. The van der Waals surface area contributed by atoms with Crippen molar-refractivity contribution in [3.63, 3.8) is 0 Å². The zero-order chi connectivity index (χ0) is 30.4. The molecule has 3 aromatic heterocycles. The van der Waals surface area contributed by atoms with Gasteiger partial charge in [-0.3, -0.25) is 0 Å². The second kappa shape index (κ2) is 9.50. The van der Waals surface area contributed by atoms with Gasteiger partial charge in [0, 0.05) is 49.6 Å². The number of aromatic nitrogens is 2. The van der Waals surface area contributed by atoms with Crippen molar-refractivity contribution in [2.45, 2.75) is 12.8 Å². The maximum Gasteiger partial charge on any atom is 0.141 e. The summed E-state index contributed by atoms with van der Waals surface area (Å²) in [6, 6.07) is 49.5. The van der Waals surface area contributed by atoms with E-state index in [9.17, 15) is 0 Å². The number of furan rings is 1. The molecular weight excluding hydrogens is 562 g/mol. The van der Waals surface area contributed by atoms with Crippen molar-refractivity contribution in [1.82, 2.24) is 9.13 Å². The fourth-order valence-electron chi connectivity index (χ4n) is 7.87. The average Bonchev–Trinajstić information content (AvgIpc) is 3.76. The Morgan fingerprint density at radius 1 is 0.543 bits per heavy atom. The third-order valence-electron chi connectivity index (χ3n) is 9.80. The van der Waals surface area contributed by atoms with Gasteiger partial charge in [0.1, 0.15) is 11.3 Å². The summed E-state index contributed by atoms with van der Waals surface area (Å²) in [7, 11) is 0. The van der Waals surface area contributed by atoms with Gasteiger partial charge < -0.3 is 19.3 Å². The Kier molecular flexibility index (Phi) is 5.23. The fourth-order valence-corrected chi connectivity index (χ4v) is 7.87. The van der Waals surface area contributed by atoms with E-state index in [-0.39, 0.29) is 0 Å². The van der Waals surface area contributed by atoms with Gasteiger partial charge in [-0.25, -0.2) is 0 Å². The first-order chi connectivity index (χ1) is 22.8. The zero-order valence-corrected chi connectivity index (χ0v) is 25.1. The van der Waals surface area contributed by atoms with Crippen LogP contribution in [0.5, 0.6) is 0 Å². The summed E-state index contributed by atoms with van der Waals surface area (Å²) >= 11 is 0. The van der Waals surface area contributed by atoms with Crippen LogP contribution >= 0.6 is 0 Å². The number of hydrogen-bond acceptors (Lipinski definition) is 2. The number of anilines is 1. The number of hydrogen-bond donors (Lipinski definition) is 1. The lowest BCUT2D eigenvalue weighted by Gasteiger charge is -2.17. The molecule has 0 radical (unpaired) electrons. The van der Waals surface area contributed by atoms with Gasteiger partial charge in [-0.1, -0.05) is 97.1 Å². The first kappa shape index (κ1) is 25.3. The minimum absolute atomic E-state index is 0.744. The highest BCUT2D eigenvalue weighted by Gasteiger charge is 2.30. The van der Waals surface area contributed by atoms with Crippen LogP contribution in [0.1, 0.15) is 11.3 Å². The van der Waals surface area contributed by atoms with Gasteiger partial charge in [-0.05, 0) is 60.9 Å². The number of nitrogens with zero attached hydrogens (tertiary/aromatic N) is 2. The lowest BCUT2D eigenvalue weighted by atomic mass is 9.92. The molecule has 3 heterocycles. The molecule has 46 heavy (non-hydrogen) atoms. The van der Waals surface area contributed by atoms with E-state index in [1.807, 2.05) is 6.07 Å². The molecule has 4 nitrogen and oxygen atoms in total. The molecule has 0 fully saturated rings. The zero-order valence-electron chi connectivity index (χ0n) is 25.1. The topological polar surface area (TPSA) is 49.0 Å². The molecule has 0 bridgehead atoms. The van der Waals surface area contributed by atoms with Crippen LogP contribution in [0, 0.1) is 0 Å². The van der Waals surface area contributed by atoms with Crippen LogP contribution in [-0.2, 0) is 12.8 Å². The van der Waals surface area contributed by atoms with E-state index in [2.05, 4.69) is 143 Å². The molecule has 1 aliphatic carbocycles. The quantitative estimate of drug-likeness (QED) is 0.208. The van der Waals surface area contributed by atoms with E-state index in [1.165, 1.54) is 38.4 Å². The molecule has 6 aromatic carbocycles. The second-order valence-electron chi connectivity index (χ2n) is 12.2. The summed E-state index contributed by atoms with van der Waals surface area (Å²) in [5.41, 5.74) is 20.2. The molecule has 0 atom stereocenters. The maximum atomic E-state index is 6.90. The predicted octanol–water partition coefficient (Wildman–Crippen LogP) is 10.5. The van der Waals surface area contributed by atoms with Gasteiger partial charge in [0.05, 0.1) is 27.9 Å². The first-order valence-corrected chi connectivity index (χ1v) is 15.9. The molecule has 10 rings (SSSR count). The van der Waals surface area contributed by atoms with Crippen LogP contribution in [0.2, 0.25) is 0 Å². The van der Waals surface area contributed by atoms with Crippen molar-refractivity contribution in [3.05, 3.63) is 151 Å². The van der Waals surface area contributed by atoms with E-state index < -0.39 is 0 Å². The molecule has 0 saturated carbocycles. The minimum Gasteiger partial charge on any atom is -0.456 e. The molecule has 9 aromatic rings. The summed E-state index contributed by atoms with van der Waals surface area (Å²) in [5, 5.41) is 4.85. The Morgan fingerprint density at radius 2 is 1.24 bits per heavy atom. The molecule has 0 saturated heterocycles. The lowest BCUT2D eigenvalue weighted by Crippen LogP contribution is -2.07. The largest absolute Gasteiger partial charge is 0.456 e. The first-order valence-electron chi connectivity index (χ1n) is 15.9. The second-order valence-corrected chi connectivity index (χ2v) is 12.2. The third kappa shape index (κ3) is 3.44. The standard InChI is InChI=1S/C42H29N3O/c43-34-17-10-16-28(41(34)45-35-18-7-4-13-29(35)30-14-5-8-19-36(30)45)26-21-22-33-38(25-26)44(27-11-2-1-3-12-27)37-24-23-32-31-15-6-9-20-39(31)46-42(32)40(33)37/h1-22,25H,23-24,43H2. The van der Waals surface area contributed by atoms with E-state index in [1.54, 1.807) is 0 Å². The number of fused-ring (bicyclic) bond motifs is 10. The summed E-state index contributed by atoms with van der Waals surface area (Å²) < 4.78 is 11.4. The summed E-state index contributed by atoms with van der Waals surface area (Å²) in [4.78, 5) is 0. The Hall–Kier alpha value is -6.00. The minimum atomic E-state index is 0.744. The summed E-state index contributed by atoms with van der Waals surface area (Å²) in [6.45, 7) is 0.